The first-order valence-electron chi connectivity index (χ1n) is 10.5. The highest BCUT2D eigenvalue weighted by molar-refractivity contribution is 5.95. The SMILES string of the molecule is CC(=O)N1CC(C(=O)N2CCC(n3c(=O)[nH]c4ccccc43)CC2)Oc2ccccc21. The van der Waals surface area contributed by atoms with E-state index in [1.54, 1.807) is 15.9 Å². The Kier molecular flexibility index (Phi) is 4.77. The number of ether oxygens (including phenoxy) is 1. The van der Waals surface area contributed by atoms with E-state index < -0.39 is 6.10 Å². The van der Waals surface area contributed by atoms with E-state index in [0.717, 1.165) is 11.0 Å². The second-order valence-electron chi connectivity index (χ2n) is 8.08. The third kappa shape index (κ3) is 3.37. The summed E-state index contributed by atoms with van der Waals surface area (Å²) in [5.41, 5.74) is 2.29. The van der Waals surface area contributed by atoms with Crippen molar-refractivity contribution in [3.05, 3.63) is 59.0 Å². The standard InChI is InChI=1S/C23H24N4O4/c1-15(28)26-14-21(31-20-9-5-4-8-19(20)26)22(29)25-12-10-16(11-13-25)27-18-7-3-2-6-17(18)24-23(27)30/h2-9,16,21H,10-14H2,1H3,(H,24,30). The van der Waals surface area contributed by atoms with Crippen molar-refractivity contribution in [1.82, 2.24) is 14.5 Å². The molecule has 3 aromatic rings. The summed E-state index contributed by atoms with van der Waals surface area (Å²) in [7, 11) is 0. The molecule has 1 atom stereocenters. The average molecular weight is 420 g/mol. The molecule has 1 fully saturated rings. The Bertz CT molecular complexity index is 1210. The Morgan fingerprint density at radius 3 is 2.52 bits per heavy atom. The van der Waals surface area contributed by atoms with Gasteiger partial charge in [-0.05, 0) is 37.1 Å². The number of likely N-dealkylation sites (tertiary alicyclic amines) is 1. The molecule has 0 aliphatic carbocycles. The number of carbonyl (C=O) groups is 2. The van der Waals surface area contributed by atoms with Crippen LogP contribution in [0.25, 0.3) is 11.0 Å². The Balaban J connectivity index is 1.31. The number of carbonyl (C=O) groups excluding carboxylic acids is 2. The Labute approximate surface area is 179 Å². The third-order valence-corrected chi connectivity index (χ3v) is 6.19. The van der Waals surface area contributed by atoms with Crippen molar-refractivity contribution >= 4 is 28.5 Å². The van der Waals surface area contributed by atoms with Gasteiger partial charge in [0.2, 0.25) is 5.91 Å². The number of imidazole rings is 1. The molecule has 160 valence electrons. The van der Waals surface area contributed by atoms with E-state index >= 15 is 0 Å². The number of amides is 2. The first-order valence-corrected chi connectivity index (χ1v) is 10.5. The molecule has 0 spiro atoms. The molecular formula is C23H24N4O4. The number of anilines is 1. The summed E-state index contributed by atoms with van der Waals surface area (Å²) in [6, 6.07) is 15.0. The largest absolute Gasteiger partial charge is 0.476 e. The number of nitrogens with one attached hydrogen (secondary N) is 1. The van der Waals surface area contributed by atoms with Crippen molar-refractivity contribution < 1.29 is 14.3 Å². The van der Waals surface area contributed by atoms with E-state index in [4.69, 9.17) is 4.74 Å². The molecule has 1 N–H and O–H groups in total. The number of hydrogen-bond donors (Lipinski definition) is 1. The molecule has 31 heavy (non-hydrogen) atoms. The van der Waals surface area contributed by atoms with Crippen LogP contribution in [0.5, 0.6) is 5.75 Å². The monoisotopic (exact) mass is 420 g/mol. The number of fused-ring (bicyclic) bond motifs is 2. The van der Waals surface area contributed by atoms with Crippen molar-refractivity contribution in [2.45, 2.75) is 31.9 Å². The summed E-state index contributed by atoms with van der Waals surface area (Å²) >= 11 is 0. The van der Waals surface area contributed by atoms with Crippen LogP contribution >= 0.6 is 0 Å². The Morgan fingerprint density at radius 1 is 1.03 bits per heavy atom. The van der Waals surface area contributed by atoms with Crippen molar-refractivity contribution in [3.63, 3.8) is 0 Å². The lowest BCUT2D eigenvalue weighted by atomic mass is 10.0. The topological polar surface area (TPSA) is 87.6 Å². The van der Waals surface area contributed by atoms with Gasteiger partial charge in [0.05, 0.1) is 23.3 Å². The summed E-state index contributed by atoms with van der Waals surface area (Å²) in [6.45, 7) is 2.77. The van der Waals surface area contributed by atoms with Gasteiger partial charge < -0.3 is 19.5 Å². The quantitative estimate of drug-likeness (QED) is 0.689. The summed E-state index contributed by atoms with van der Waals surface area (Å²) in [5.74, 6) is 0.305. The number of nitrogens with zero attached hydrogens (tertiary/aromatic N) is 3. The van der Waals surface area contributed by atoms with Crippen molar-refractivity contribution in [2.75, 3.05) is 24.5 Å². The zero-order valence-corrected chi connectivity index (χ0v) is 17.3. The number of para-hydroxylation sites is 4. The van der Waals surface area contributed by atoms with Crippen molar-refractivity contribution in [3.8, 4) is 5.75 Å². The van der Waals surface area contributed by atoms with Gasteiger partial charge in [0.25, 0.3) is 5.91 Å². The van der Waals surface area contributed by atoms with Gasteiger partial charge >= 0.3 is 5.69 Å². The minimum Gasteiger partial charge on any atom is -0.476 e. The fourth-order valence-electron chi connectivity index (χ4n) is 4.65. The summed E-state index contributed by atoms with van der Waals surface area (Å²) in [6.07, 6.45) is 0.645. The van der Waals surface area contributed by atoms with Crippen LogP contribution in [-0.2, 0) is 9.59 Å². The maximum absolute atomic E-state index is 13.2. The lowest BCUT2D eigenvalue weighted by Crippen LogP contribution is -2.53. The molecule has 2 amide bonds. The zero-order valence-electron chi connectivity index (χ0n) is 17.3. The summed E-state index contributed by atoms with van der Waals surface area (Å²) in [4.78, 5) is 44.1. The molecule has 2 aromatic carbocycles. The summed E-state index contributed by atoms with van der Waals surface area (Å²) < 4.78 is 7.77. The van der Waals surface area contributed by atoms with Gasteiger partial charge in [-0.1, -0.05) is 24.3 Å². The van der Waals surface area contributed by atoms with Crippen molar-refractivity contribution in [2.24, 2.45) is 0 Å². The number of aromatic nitrogens is 2. The van der Waals surface area contributed by atoms with Gasteiger partial charge in [-0.15, -0.1) is 0 Å². The molecule has 2 aliphatic rings. The first kappa shape index (κ1) is 19.4. The first-order chi connectivity index (χ1) is 15.0. The van der Waals surface area contributed by atoms with Crippen LogP contribution in [-0.4, -0.2) is 52.0 Å². The smallest absolute Gasteiger partial charge is 0.326 e. The highest BCUT2D eigenvalue weighted by Gasteiger charge is 2.36. The fraction of sp³-hybridized carbons (Fsp3) is 0.348. The lowest BCUT2D eigenvalue weighted by Gasteiger charge is -2.38. The van der Waals surface area contributed by atoms with E-state index in [0.29, 0.717) is 37.4 Å². The van der Waals surface area contributed by atoms with Gasteiger partial charge in [0.15, 0.2) is 6.10 Å². The Hall–Kier alpha value is -3.55. The second-order valence-corrected chi connectivity index (χ2v) is 8.08. The normalized spacial score (nSPS) is 19.2. The van der Waals surface area contributed by atoms with Crippen molar-refractivity contribution in [1.29, 1.82) is 0 Å². The van der Waals surface area contributed by atoms with E-state index in [9.17, 15) is 14.4 Å². The number of aromatic amines is 1. The van der Waals surface area contributed by atoms with Gasteiger partial charge in [-0.3, -0.25) is 14.2 Å². The average Bonchev–Trinajstić information content (AvgIpc) is 3.13. The molecule has 3 heterocycles. The van der Waals surface area contributed by atoms with Gasteiger partial charge in [-0.2, -0.15) is 0 Å². The summed E-state index contributed by atoms with van der Waals surface area (Å²) in [5, 5.41) is 0. The minimum absolute atomic E-state index is 0.0365. The van der Waals surface area contributed by atoms with Crippen LogP contribution in [0.3, 0.4) is 0 Å². The molecule has 0 bridgehead atoms. The van der Waals surface area contributed by atoms with Crippen LogP contribution < -0.4 is 15.3 Å². The van der Waals surface area contributed by atoms with Crippen LogP contribution in [0.2, 0.25) is 0 Å². The number of H-pyrrole nitrogens is 1. The van der Waals surface area contributed by atoms with E-state index in [1.807, 2.05) is 47.0 Å². The highest BCUT2D eigenvalue weighted by atomic mass is 16.5. The van der Waals surface area contributed by atoms with Gasteiger partial charge in [0.1, 0.15) is 5.75 Å². The predicted molar refractivity (Wildman–Crippen MR) is 116 cm³/mol. The molecule has 1 unspecified atom stereocenters. The van der Waals surface area contributed by atoms with E-state index in [1.165, 1.54) is 6.92 Å². The fourth-order valence-corrected chi connectivity index (χ4v) is 4.65. The maximum Gasteiger partial charge on any atom is 0.326 e. The molecule has 2 aliphatic heterocycles. The van der Waals surface area contributed by atoms with E-state index in [-0.39, 0.29) is 30.1 Å². The van der Waals surface area contributed by atoms with Crippen LogP contribution in [0.1, 0.15) is 25.8 Å². The highest BCUT2D eigenvalue weighted by Crippen LogP contribution is 2.34. The van der Waals surface area contributed by atoms with Gasteiger partial charge in [-0.25, -0.2) is 4.79 Å². The Morgan fingerprint density at radius 2 is 1.74 bits per heavy atom. The van der Waals surface area contributed by atoms with Crippen LogP contribution in [0.15, 0.2) is 53.3 Å². The molecule has 8 heteroatoms. The predicted octanol–water partition coefficient (Wildman–Crippen LogP) is 2.31. The number of hydrogen-bond acceptors (Lipinski definition) is 4. The molecule has 0 saturated carbocycles. The maximum atomic E-state index is 13.2. The molecule has 1 saturated heterocycles. The van der Waals surface area contributed by atoms with Crippen LogP contribution in [0.4, 0.5) is 5.69 Å². The zero-order chi connectivity index (χ0) is 21.5. The van der Waals surface area contributed by atoms with E-state index in [2.05, 4.69) is 4.98 Å². The molecule has 1 aromatic heterocycles. The third-order valence-electron chi connectivity index (χ3n) is 6.19. The lowest BCUT2D eigenvalue weighted by molar-refractivity contribution is -0.140. The minimum atomic E-state index is -0.730. The second kappa shape index (κ2) is 7.61. The number of piperidine rings is 1. The number of benzene rings is 2. The molecule has 8 nitrogen and oxygen atoms in total. The van der Waals surface area contributed by atoms with Crippen LogP contribution in [0, 0.1) is 0 Å². The molecule has 0 radical (unpaired) electrons. The molecular weight excluding hydrogens is 396 g/mol. The number of rotatable bonds is 2. The van der Waals surface area contributed by atoms with Gasteiger partial charge in [0, 0.05) is 26.1 Å². The molecule has 5 rings (SSSR count).